The lowest BCUT2D eigenvalue weighted by molar-refractivity contribution is 0.0687. The van der Waals surface area contributed by atoms with Gasteiger partial charge < -0.3 is 15.2 Å². The Morgan fingerprint density at radius 2 is 1.85 bits per heavy atom. The quantitative estimate of drug-likeness (QED) is 0.815. The molecule has 1 aromatic carbocycles. The van der Waals surface area contributed by atoms with Crippen LogP contribution >= 0.6 is 0 Å². The number of hydrogen-bond acceptors (Lipinski definition) is 5. The van der Waals surface area contributed by atoms with Crippen LogP contribution in [-0.4, -0.2) is 17.9 Å². The van der Waals surface area contributed by atoms with Gasteiger partial charge in [-0.25, -0.2) is 4.79 Å². The Morgan fingerprint density at radius 3 is 2.50 bits per heavy atom. The van der Waals surface area contributed by atoms with Gasteiger partial charge in [-0.1, -0.05) is 12.1 Å². The maximum Gasteiger partial charge on any atom is 0.414 e. The third-order valence-corrected chi connectivity index (χ3v) is 2.50. The van der Waals surface area contributed by atoms with E-state index in [9.17, 15) is 4.79 Å². The van der Waals surface area contributed by atoms with Crippen LogP contribution in [0.15, 0.2) is 48.8 Å². The van der Waals surface area contributed by atoms with E-state index in [-0.39, 0.29) is 6.79 Å². The summed E-state index contributed by atoms with van der Waals surface area (Å²) in [6, 6.07) is 10.6. The monoisotopic (exact) mass is 273 g/mol. The highest BCUT2D eigenvalue weighted by atomic mass is 16.7. The van der Waals surface area contributed by atoms with Crippen LogP contribution < -0.4 is 15.8 Å². The molecule has 0 bridgehead atoms. The number of carbonyl (C=O) groups is 1. The average molecular weight is 273 g/mol. The number of benzene rings is 1. The van der Waals surface area contributed by atoms with Gasteiger partial charge in [0.1, 0.15) is 5.75 Å². The summed E-state index contributed by atoms with van der Waals surface area (Å²) in [5.41, 5.74) is 7.11. The van der Waals surface area contributed by atoms with E-state index in [1.807, 2.05) is 12.1 Å². The summed E-state index contributed by atoms with van der Waals surface area (Å²) in [6.07, 6.45) is 2.56. The molecule has 1 heterocycles. The van der Waals surface area contributed by atoms with Gasteiger partial charge in [0.2, 0.25) is 6.79 Å². The molecule has 0 aliphatic heterocycles. The first-order valence-corrected chi connectivity index (χ1v) is 6.03. The lowest BCUT2D eigenvalue weighted by Crippen LogP contribution is -2.16. The minimum atomic E-state index is -0.588. The minimum Gasteiger partial charge on any atom is -0.457 e. The van der Waals surface area contributed by atoms with Crippen molar-refractivity contribution in [3.8, 4) is 5.75 Å². The fraction of sp³-hybridized carbons (Fsp3) is 0.143. The van der Waals surface area contributed by atoms with Gasteiger partial charge >= 0.3 is 6.09 Å². The summed E-state index contributed by atoms with van der Waals surface area (Å²) >= 11 is 0. The normalized spacial score (nSPS) is 9.85. The molecule has 0 atom stereocenters. The number of nitrogens with zero attached hydrogens (tertiary/aromatic N) is 1. The van der Waals surface area contributed by atoms with E-state index in [2.05, 4.69) is 10.3 Å². The lowest BCUT2D eigenvalue weighted by atomic mass is 10.2. The number of nitrogens with two attached hydrogens (primary N) is 1. The van der Waals surface area contributed by atoms with Crippen LogP contribution in [0.4, 0.5) is 10.5 Å². The maximum absolute atomic E-state index is 11.5. The molecule has 0 aliphatic carbocycles. The topological polar surface area (TPSA) is 86.5 Å². The molecule has 0 saturated carbocycles. The van der Waals surface area contributed by atoms with Gasteiger partial charge in [0.15, 0.2) is 0 Å². The Hall–Kier alpha value is -2.60. The summed E-state index contributed by atoms with van der Waals surface area (Å²) in [7, 11) is 0. The van der Waals surface area contributed by atoms with Gasteiger partial charge in [0.25, 0.3) is 0 Å². The van der Waals surface area contributed by atoms with Crippen molar-refractivity contribution < 1.29 is 14.3 Å². The van der Waals surface area contributed by atoms with Crippen molar-refractivity contribution in [1.29, 1.82) is 0 Å². The highest BCUT2D eigenvalue weighted by molar-refractivity contribution is 5.84. The number of rotatable bonds is 5. The Morgan fingerprint density at radius 1 is 1.15 bits per heavy atom. The predicted molar refractivity (Wildman–Crippen MR) is 74.2 cm³/mol. The van der Waals surface area contributed by atoms with Gasteiger partial charge in [-0.2, -0.15) is 0 Å². The standard InChI is InChI=1S/C14H15N3O3/c15-9-11-1-3-13(4-2-11)19-10-20-14(18)17-12-5-7-16-8-6-12/h1-8H,9-10,15H2,(H,16,17,18). The van der Waals surface area contributed by atoms with Crippen molar-refractivity contribution >= 4 is 11.8 Å². The van der Waals surface area contributed by atoms with Crippen LogP contribution in [-0.2, 0) is 11.3 Å². The summed E-state index contributed by atoms with van der Waals surface area (Å²) in [4.78, 5) is 15.3. The zero-order valence-corrected chi connectivity index (χ0v) is 10.8. The second kappa shape index (κ2) is 7.10. The number of pyridine rings is 1. The first kappa shape index (κ1) is 13.8. The predicted octanol–water partition coefficient (Wildman–Crippen LogP) is 2.13. The van der Waals surface area contributed by atoms with Crippen LogP contribution in [0.5, 0.6) is 5.75 Å². The van der Waals surface area contributed by atoms with Crippen molar-refractivity contribution in [3.63, 3.8) is 0 Å². The Balaban J connectivity index is 1.73. The molecule has 0 radical (unpaired) electrons. The van der Waals surface area contributed by atoms with Crippen molar-refractivity contribution in [2.24, 2.45) is 5.73 Å². The van der Waals surface area contributed by atoms with Crippen LogP contribution in [0, 0.1) is 0 Å². The number of ether oxygens (including phenoxy) is 2. The maximum atomic E-state index is 11.5. The Bertz CT molecular complexity index is 543. The van der Waals surface area contributed by atoms with Crippen molar-refractivity contribution in [2.45, 2.75) is 6.54 Å². The van der Waals surface area contributed by atoms with E-state index in [1.165, 1.54) is 0 Å². The molecule has 20 heavy (non-hydrogen) atoms. The molecule has 0 spiro atoms. The Kier molecular flexibility index (Phi) is 4.91. The molecular weight excluding hydrogens is 258 g/mol. The van der Waals surface area contributed by atoms with Crippen molar-refractivity contribution in [1.82, 2.24) is 4.98 Å². The molecule has 3 N–H and O–H groups in total. The Labute approximate surface area is 116 Å². The van der Waals surface area contributed by atoms with Crippen LogP contribution in [0.25, 0.3) is 0 Å². The summed E-state index contributed by atoms with van der Waals surface area (Å²) in [6.45, 7) is 0.310. The molecule has 2 rings (SSSR count). The average Bonchev–Trinajstić information content (AvgIpc) is 2.49. The van der Waals surface area contributed by atoms with Crippen LogP contribution in [0.1, 0.15) is 5.56 Å². The lowest BCUT2D eigenvalue weighted by Gasteiger charge is -2.08. The molecule has 2 aromatic rings. The fourth-order valence-electron chi connectivity index (χ4n) is 1.46. The number of nitrogens with one attached hydrogen (secondary N) is 1. The summed E-state index contributed by atoms with van der Waals surface area (Å²) in [5.74, 6) is 0.610. The van der Waals surface area contributed by atoms with E-state index >= 15 is 0 Å². The first-order valence-electron chi connectivity index (χ1n) is 6.03. The van der Waals surface area contributed by atoms with E-state index < -0.39 is 6.09 Å². The SMILES string of the molecule is NCc1ccc(OCOC(=O)Nc2ccncc2)cc1. The van der Waals surface area contributed by atoms with Gasteiger partial charge in [-0.3, -0.25) is 10.3 Å². The van der Waals surface area contributed by atoms with Crippen LogP contribution in [0.3, 0.4) is 0 Å². The summed E-state index contributed by atoms with van der Waals surface area (Å²) in [5, 5.41) is 2.55. The molecule has 0 aliphatic rings. The number of carbonyl (C=O) groups excluding carboxylic acids is 1. The van der Waals surface area contributed by atoms with Crippen LogP contribution in [0.2, 0.25) is 0 Å². The number of amides is 1. The molecule has 0 fully saturated rings. The highest BCUT2D eigenvalue weighted by Gasteiger charge is 2.03. The third-order valence-electron chi connectivity index (χ3n) is 2.50. The molecule has 104 valence electrons. The first-order chi connectivity index (χ1) is 9.78. The zero-order chi connectivity index (χ0) is 14.2. The molecule has 1 amide bonds. The van der Waals surface area contributed by atoms with Crippen molar-refractivity contribution in [2.75, 3.05) is 12.1 Å². The van der Waals surface area contributed by atoms with Gasteiger partial charge in [-0.05, 0) is 29.8 Å². The molecule has 1 aromatic heterocycles. The minimum absolute atomic E-state index is 0.168. The number of aromatic nitrogens is 1. The number of hydrogen-bond donors (Lipinski definition) is 2. The van der Waals surface area contributed by atoms with Gasteiger partial charge in [-0.15, -0.1) is 0 Å². The molecule has 0 unspecified atom stereocenters. The smallest absolute Gasteiger partial charge is 0.414 e. The molecule has 0 saturated heterocycles. The largest absolute Gasteiger partial charge is 0.457 e. The number of anilines is 1. The second-order valence-electron chi connectivity index (χ2n) is 3.90. The molecule has 6 nitrogen and oxygen atoms in total. The van der Waals surface area contributed by atoms with E-state index in [4.69, 9.17) is 15.2 Å². The van der Waals surface area contributed by atoms with Gasteiger partial charge in [0, 0.05) is 24.6 Å². The van der Waals surface area contributed by atoms with E-state index in [0.29, 0.717) is 18.0 Å². The summed E-state index contributed by atoms with van der Waals surface area (Å²) < 4.78 is 10.2. The van der Waals surface area contributed by atoms with Crippen molar-refractivity contribution in [3.05, 3.63) is 54.4 Å². The third kappa shape index (κ3) is 4.25. The van der Waals surface area contributed by atoms with E-state index in [0.717, 1.165) is 5.56 Å². The van der Waals surface area contributed by atoms with Gasteiger partial charge in [0.05, 0.1) is 0 Å². The second-order valence-corrected chi connectivity index (χ2v) is 3.90. The fourth-order valence-corrected chi connectivity index (χ4v) is 1.46. The zero-order valence-electron chi connectivity index (χ0n) is 10.8. The highest BCUT2D eigenvalue weighted by Crippen LogP contribution is 2.12. The van der Waals surface area contributed by atoms with E-state index in [1.54, 1.807) is 36.7 Å². The molecule has 6 heteroatoms. The molecular formula is C14H15N3O3.